The van der Waals surface area contributed by atoms with Gasteiger partial charge in [0, 0.05) is 18.0 Å². The standard InChI is InChI=1S/C7H7NO3/c1-4-2-6(9)5(3-8-4)7(10)11/h2-3H,1H3,(H,8,9)(H,10,11)/p-1. The van der Waals surface area contributed by atoms with Crippen molar-refractivity contribution in [3.05, 3.63) is 33.7 Å². The monoisotopic (exact) mass is 152 g/mol. The summed E-state index contributed by atoms with van der Waals surface area (Å²) in [7, 11) is 0. The lowest BCUT2D eigenvalue weighted by Gasteiger charge is -1.99. The molecule has 0 aliphatic rings. The Morgan fingerprint density at radius 3 is 2.73 bits per heavy atom. The summed E-state index contributed by atoms with van der Waals surface area (Å²) in [6.45, 7) is 1.67. The number of nitrogens with one attached hydrogen (secondary N) is 1. The van der Waals surface area contributed by atoms with Crippen molar-refractivity contribution in [2.45, 2.75) is 6.92 Å². The number of hydrogen-bond acceptors (Lipinski definition) is 3. The first-order chi connectivity index (χ1) is 5.11. The molecule has 4 nitrogen and oxygen atoms in total. The first-order valence-corrected chi connectivity index (χ1v) is 3.02. The van der Waals surface area contributed by atoms with E-state index in [1.165, 1.54) is 6.07 Å². The Morgan fingerprint density at radius 2 is 2.27 bits per heavy atom. The number of rotatable bonds is 1. The van der Waals surface area contributed by atoms with Crippen LogP contribution in [0.2, 0.25) is 0 Å². The molecule has 0 aliphatic carbocycles. The average Bonchev–Trinajstić information content (AvgIpc) is 1.85. The molecule has 0 saturated heterocycles. The Labute approximate surface area is 62.5 Å². The molecule has 1 aromatic heterocycles. The molecule has 0 saturated carbocycles. The number of pyridine rings is 1. The number of aryl methyl sites for hydroxylation is 1. The lowest BCUT2D eigenvalue weighted by molar-refractivity contribution is -0.255. The van der Waals surface area contributed by atoms with E-state index in [0.29, 0.717) is 5.69 Å². The van der Waals surface area contributed by atoms with Crippen molar-refractivity contribution in [2.75, 3.05) is 0 Å². The Morgan fingerprint density at radius 1 is 1.64 bits per heavy atom. The third-order valence-corrected chi connectivity index (χ3v) is 1.28. The summed E-state index contributed by atoms with van der Waals surface area (Å²) in [5.74, 6) is -1.45. The summed E-state index contributed by atoms with van der Waals surface area (Å²) >= 11 is 0. The molecule has 0 radical (unpaired) electrons. The third-order valence-electron chi connectivity index (χ3n) is 1.28. The fourth-order valence-corrected chi connectivity index (χ4v) is 0.733. The fourth-order valence-electron chi connectivity index (χ4n) is 0.733. The summed E-state index contributed by atoms with van der Waals surface area (Å²) in [5, 5.41) is 10.2. The van der Waals surface area contributed by atoms with E-state index < -0.39 is 11.4 Å². The van der Waals surface area contributed by atoms with Gasteiger partial charge < -0.3 is 14.9 Å². The zero-order chi connectivity index (χ0) is 8.43. The topological polar surface area (TPSA) is 73.0 Å². The largest absolute Gasteiger partial charge is 0.545 e. The summed E-state index contributed by atoms with van der Waals surface area (Å²) in [4.78, 5) is 23.6. The van der Waals surface area contributed by atoms with Gasteiger partial charge in [-0.2, -0.15) is 0 Å². The van der Waals surface area contributed by atoms with Crippen molar-refractivity contribution in [1.29, 1.82) is 0 Å². The molecule has 1 rings (SSSR count). The van der Waals surface area contributed by atoms with Crippen molar-refractivity contribution in [2.24, 2.45) is 0 Å². The van der Waals surface area contributed by atoms with Gasteiger partial charge in [-0.05, 0) is 6.92 Å². The number of carbonyl (C=O) groups is 1. The van der Waals surface area contributed by atoms with Crippen LogP contribution in [0.1, 0.15) is 16.1 Å². The fraction of sp³-hybridized carbons (Fsp3) is 0.143. The van der Waals surface area contributed by atoms with Crippen molar-refractivity contribution in [3.8, 4) is 0 Å². The molecule has 0 unspecified atom stereocenters. The van der Waals surface area contributed by atoms with E-state index in [4.69, 9.17) is 0 Å². The normalized spacial score (nSPS) is 9.55. The third kappa shape index (κ3) is 1.46. The Balaban J connectivity index is 3.32. The predicted molar refractivity (Wildman–Crippen MR) is 36.1 cm³/mol. The molecule has 0 bridgehead atoms. The van der Waals surface area contributed by atoms with E-state index in [0.717, 1.165) is 6.20 Å². The van der Waals surface area contributed by atoms with E-state index in [2.05, 4.69) is 4.98 Å². The SMILES string of the molecule is Cc1cc(=O)c(C(=O)[O-])c[nH]1. The molecular formula is C7H6NO3-. The highest BCUT2D eigenvalue weighted by atomic mass is 16.4. The van der Waals surface area contributed by atoms with E-state index in [1.54, 1.807) is 6.92 Å². The molecule has 0 atom stereocenters. The van der Waals surface area contributed by atoms with Crippen LogP contribution in [0.15, 0.2) is 17.1 Å². The van der Waals surface area contributed by atoms with Gasteiger partial charge >= 0.3 is 0 Å². The first-order valence-electron chi connectivity index (χ1n) is 3.02. The number of aromatic nitrogens is 1. The number of H-pyrrole nitrogens is 1. The molecule has 0 aromatic carbocycles. The van der Waals surface area contributed by atoms with Crippen LogP contribution in [-0.2, 0) is 0 Å². The van der Waals surface area contributed by atoms with Crippen LogP contribution in [-0.4, -0.2) is 11.0 Å². The van der Waals surface area contributed by atoms with Crippen LogP contribution >= 0.6 is 0 Å². The van der Waals surface area contributed by atoms with Crippen LogP contribution in [0.4, 0.5) is 0 Å². The molecule has 1 N–H and O–H groups in total. The molecule has 0 amide bonds. The molecule has 1 aromatic rings. The maximum atomic E-state index is 10.8. The smallest absolute Gasteiger partial charge is 0.190 e. The highest BCUT2D eigenvalue weighted by Gasteiger charge is 1.98. The number of aromatic amines is 1. The van der Waals surface area contributed by atoms with Crippen molar-refractivity contribution >= 4 is 5.97 Å². The van der Waals surface area contributed by atoms with Gasteiger partial charge in [-0.25, -0.2) is 0 Å². The van der Waals surface area contributed by atoms with Gasteiger partial charge in [0.05, 0.1) is 11.5 Å². The quantitative estimate of drug-likeness (QED) is 0.563. The number of carboxylic acids is 1. The van der Waals surface area contributed by atoms with Crippen molar-refractivity contribution in [3.63, 3.8) is 0 Å². The Kier molecular flexibility index (Phi) is 1.76. The second kappa shape index (κ2) is 2.57. The zero-order valence-electron chi connectivity index (χ0n) is 5.88. The molecule has 0 spiro atoms. The molecule has 0 fully saturated rings. The molecule has 0 aliphatic heterocycles. The van der Waals surface area contributed by atoms with Gasteiger partial charge in [0.15, 0.2) is 5.43 Å². The number of carboxylic acid groups (broad SMARTS) is 1. The van der Waals surface area contributed by atoms with Crippen LogP contribution in [0.25, 0.3) is 0 Å². The molecule has 1 heterocycles. The van der Waals surface area contributed by atoms with Gasteiger partial charge in [0.25, 0.3) is 0 Å². The first kappa shape index (κ1) is 7.53. The van der Waals surface area contributed by atoms with Crippen LogP contribution < -0.4 is 10.5 Å². The van der Waals surface area contributed by atoms with Crippen LogP contribution in [0, 0.1) is 6.92 Å². The Hall–Kier alpha value is -1.58. The summed E-state index contributed by atoms with van der Waals surface area (Å²) in [5.41, 5.74) is -0.239. The lowest BCUT2D eigenvalue weighted by atomic mass is 10.2. The predicted octanol–water partition coefficient (Wildman–Crippen LogP) is -0.953. The summed E-state index contributed by atoms with van der Waals surface area (Å²) in [6.07, 6.45) is 1.13. The molecule has 11 heavy (non-hydrogen) atoms. The maximum absolute atomic E-state index is 10.8. The van der Waals surface area contributed by atoms with Crippen LogP contribution in [0.3, 0.4) is 0 Å². The number of carbonyl (C=O) groups excluding carboxylic acids is 1. The molecule has 58 valence electrons. The van der Waals surface area contributed by atoms with Gasteiger partial charge in [-0.1, -0.05) is 0 Å². The maximum Gasteiger partial charge on any atom is 0.190 e. The number of hydrogen-bond donors (Lipinski definition) is 1. The van der Waals surface area contributed by atoms with Crippen molar-refractivity contribution < 1.29 is 9.90 Å². The minimum atomic E-state index is -1.45. The van der Waals surface area contributed by atoms with E-state index in [1.807, 2.05) is 0 Å². The van der Waals surface area contributed by atoms with Gasteiger partial charge in [-0.3, -0.25) is 4.79 Å². The number of aromatic carboxylic acids is 1. The molecular weight excluding hydrogens is 146 g/mol. The highest BCUT2D eigenvalue weighted by molar-refractivity contribution is 5.85. The molecule has 4 heteroatoms. The summed E-state index contributed by atoms with van der Waals surface area (Å²) in [6, 6.07) is 1.21. The Bertz CT molecular complexity index is 340. The van der Waals surface area contributed by atoms with E-state index >= 15 is 0 Å². The second-order valence-corrected chi connectivity index (χ2v) is 2.18. The van der Waals surface area contributed by atoms with Gasteiger partial charge in [0.2, 0.25) is 0 Å². The summed E-state index contributed by atoms with van der Waals surface area (Å²) < 4.78 is 0. The van der Waals surface area contributed by atoms with Gasteiger partial charge in [-0.15, -0.1) is 0 Å². The lowest BCUT2D eigenvalue weighted by Crippen LogP contribution is -2.28. The minimum Gasteiger partial charge on any atom is -0.545 e. The van der Waals surface area contributed by atoms with Gasteiger partial charge in [0.1, 0.15) is 0 Å². The average molecular weight is 152 g/mol. The van der Waals surface area contributed by atoms with Crippen molar-refractivity contribution in [1.82, 2.24) is 4.98 Å². The zero-order valence-corrected chi connectivity index (χ0v) is 5.88. The second-order valence-electron chi connectivity index (χ2n) is 2.18. The van der Waals surface area contributed by atoms with Crippen LogP contribution in [0.5, 0.6) is 0 Å². The van der Waals surface area contributed by atoms with E-state index in [9.17, 15) is 14.7 Å². The highest BCUT2D eigenvalue weighted by Crippen LogP contribution is 1.89. The minimum absolute atomic E-state index is 0.337. The van der Waals surface area contributed by atoms with E-state index in [-0.39, 0.29) is 5.56 Å².